The molecule has 2 aliphatic rings. The van der Waals surface area contributed by atoms with Gasteiger partial charge in [-0.2, -0.15) is 13.2 Å². The molecule has 1 atom stereocenters. The van der Waals surface area contributed by atoms with Crippen molar-refractivity contribution in [3.63, 3.8) is 0 Å². The number of rotatable bonds is 7. The molecule has 2 heterocycles. The topological polar surface area (TPSA) is 60.0 Å². The maximum absolute atomic E-state index is 13.5. The number of morpholine rings is 1. The number of halogens is 3. The van der Waals surface area contributed by atoms with Gasteiger partial charge < -0.3 is 24.4 Å². The number of carbonyl (C=O) groups is 1. The monoisotopic (exact) mass is 402 g/mol. The van der Waals surface area contributed by atoms with Crippen LogP contribution in [0.1, 0.15) is 24.8 Å². The number of benzene rings is 1. The Bertz CT molecular complexity index is 657. The number of hydrogen-bond donors (Lipinski definition) is 1. The molecule has 0 saturated carbocycles. The Morgan fingerprint density at radius 3 is 2.71 bits per heavy atom. The van der Waals surface area contributed by atoms with Crippen molar-refractivity contribution in [3.05, 3.63) is 23.8 Å². The van der Waals surface area contributed by atoms with Crippen LogP contribution in [0.15, 0.2) is 18.2 Å². The van der Waals surface area contributed by atoms with Crippen LogP contribution in [0.25, 0.3) is 0 Å². The van der Waals surface area contributed by atoms with Gasteiger partial charge in [-0.15, -0.1) is 0 Å². The molecule has 1 unspecified atom stereocenters. The van der Waals surface area contributed by atoms with Gasteiger partial charge in [-0.05, 0) is 31.0 Å². The molecule has 0 aliphatic carbocycles. The van der Waals surface area contributed by atoms with E-state index in [1.807, 2.05) is 4.90 Å². The van der Waals surface area contributed by atoms with Gasteiger partial charge in [0, 0.05) is 25.4 Å². The Morgan fingerprint density at radius 2 is 2.04 bits per heavy atom. The third-order valence-corrected chi connectivity index (χ3v) is 4.76. The SMILES string of the molecule is O=C(CCOCC1CCCO1)Nc1ccc(N2CCOCC2)cc1C(F)(F)F. The van der Waals surface area contributed by atoms with Crippen LogP contribution in [-0.4, -0.2) is 58.1 Å². The van der Waals surface area contributed by atoms with Gasteiger partial charge >= 0.3 is 6.18 Å². The number of nitrogens with zero attached hydrogens (tertiary/aromatic N) is 1. The highest BCUT2D eigenvalue weighted by Crippen LogP contribution is 2.37. The number of nitrogens with one attached hydrogen (secondary N) is 1. The Morgan fingerprint density at radius 1 is 1.25 bits per heavy atom. The zero-order valence-electron chi connectivity index (χ0n) is 15.6. The lowest BCUT2D eigenvalue weighted by Crippen LogP contribution is -2.36. The molecule has 0 radical (unpaired) electrons. The first-order chi connectivity index (χ1) is 13.4. The smallest absolute Gasteiger partial charge is 0.378 e. The van der Waals surface area contributed by atoms with E-state index in [0.29, 0.717) is 38.6 Å². The normalized spacial score (nSPS) is 20.4. The van der Waals surface area contributed by atoms with E-state index >= 15 is 0 Å². The molecule has 3 rings (SSSR count). The summed E-state index contributed by atoms with van der Waals surface area (Å²) < 4.78 is 56.5. The first kappa shape index (κ1) is 20.9. The molecule has 0 bridgehead atoms. The van der Waals surface area contributed by atoms with E-state index in [4.69, 9.17) is 14.2 Å². The predicted octanol–water partition coefficient (Wildman–Crippen LogP) is 3.07. The number of amides is 1. The Balaban J connectivity index is 1.57. The molecule has 6 nitrogen and oxygen atoms in total. The fraction of sp³-hybridized carbons (Fsp3) is 0.632. The van der Waals surface area contributed by atoms with Crippen molar-refractivity contribution in [1.29, 1.82) is 0 Å². The van der Waals surface area contributed by atoms with E-state index in [1.54, 1.807) is 6.07 Å². The third kappa shape index (κ3) is 5.83. The van der Waals surface area contributed by atoms with Gasteiger partial charge in [0.25, 0.3) is 0 Å². The lowest BCUT2D eigenvalue weighted by molar-refractivity contribution is -0.136. The second kappa shape index (κ2) is 9.58. The summed E-state index contributed by atoms with van der Waals surface area (Å²) in [5.41, 5.74) is -0.632. The summed E-state index contributed by atoms with van der Waals surface area (Å²) in [7, 11) is 0. The summed E-state index contributed by atoms with van der Waals surface area (Å²) in [5, 5.41) is 2.36. The summed E-state index contributed by atoms with van der Waals surface area (Å²) in [6.45, 7) is 3.27. The van der Waals surface area contributed by atoms with Gasteiger partial charge in [0.05, 0.1) is 50.2 Å². The fourth-order valence-electron chi connectivity index (χ4n) is 3.26. The van der Waals surface area contributed by atoms with Crippen molar-refractivity contribution >= 4 is 17.3 Å². The van der Waals surface area contributed by atoms with Crippen LogP contribution in [0.5, 0.6) is 0 Å². The number of hydrogen-bond acceptors (Lipinski definition) is 5. The number of ether oxygens (including phenoxy) is 3. The van der Waals surface area contributed by atoms with Crippen molar-refractivity contribution in [2.45, 2.75) is 31.5 Å². The lowest BCUT2D eigenvalue weighted by atomic mass is 10.1. The van der Waals surface area contributed by atoms with E-state index in [2.05, 4.69) is 5.32 Å². The van der Waals surface area contributed by atoms with Gasteiger partial charge in [-0.1, -0.05) is 0 Å². The molecule has 9 heteroatoms. The quantitative estimate of drug-likeness (QED) is 0.711. The standard InChI is InChI=1S/C19H25F3N2O4/c20-19(21,22)16-12-14(24-6-10-26-11-7-24)3-4-17(16)23-18(25)5-9-27-13-15-2-1-8-28-15/h3-4,12,15H,1-2,5-11,13H2,(H,23,25). The Kier molecular flexibility index (Phi) is 7.14. The minimum Gasteiger partial charge on any atom is -0.378 e. The van der Waals surface area contributed by atoms with Gasteiger partial charge in [0.15, 0.2) is 0 Å². The zero-order valence-corrected chi connectivity index (χ0v) is 15.6. The number of carbonyl (C=O) groups excluding carboxylic acids is 1. The maximum atomic E-state index is 13.5. The Hall–Kier alpha value is -1.84. The van der Waals surface area contributed by atoms with Crippen molar-refractivity contribution in [3.8, 4) is 0 Å². The number of alkyl halides is 3. The fourth-order valence-corrected chi connectivity index (χ4v) is 3.26. The first-order valence-corrected chi connectivity index (χ1v) is 9.46. The minimum absolute atomic E-state index is 0.0186. The summed E-state index contributed by atoms with van der Waals surface area (Å²) in [5.74, 6) is -0.517. The van der Waals surface area contributed by atoms with E-state index in [-0.39, 0.29) is 24.8 Å². The highest BCUT2D eigenvalue weighted by Gasteiger charge is 2.34. The van der Waals surface area contributed by atoms with E-state index in [9.17, 15) is 18.0 Å². The first-order valence-electron chi connectivity index (χ1n) is 9.46. The molecule has 156 valence electrons. The second-order valence-electron chi connectivity index (χ2n) is 6.84. The van der Waals surface area contributed by atoms with E-state index in [1.165, 1.54) is 6.07 Å². The zero-order chi connectivity index (χ0) is 20.0. The molecule has 1 amide bonds. The molecular formula is C19H25F3N2O4. The van der Waals surface area contributed by atoms with Crippen molar-refractivity contribution in [1.82, 2.24) is 0 Å². The van der Waals surface area contributed by atoms with Crippen LogP contribution in [0.2, 0.25) is 0 Å². The van der Waals surface area contributed by atoms with Crippen LogP contribution < -0.4 is 10.2 Å². The summed E-state index contributed by atoms with van der Waals surface area (Å²) >= 11 is 0. The van der Waals surface area contributed by atoms with Crippen molar-refractivity contribution in [2.75, 3.05) is 56.3 Å². The van der Waals surface area contributed by atoms with Crippen LogP contribution in [0.3, 0.4) is 0 Å². The summed E-state index contributed by atoms with van der Waals surface area (Å²) in [4.78, 5) is 13.9. The maximum Gasteiger partial charge on any atom is 0.418 e. The Labute approximate surface area is 161 Å². The minimum atomic E-state index is -4.57. The summed E-state index contributed by atoms with van der Waals surface area (Å²) in [6.07, 6.45) is -2.62. The molecule has 1 aromatic rings. The molecule has 0 spiro atoms. The highest BCUT2D eigenvalue weighted by atomic mass is 19.4. The molecule has 1 aromatic carbocycles. The van der Waals surface area contributed by atoms with Gasteiger partial charge in [-0.25, -0.2) is 0 Å². The molecular weight excluding hydrogens is 377 g/mol. The molecule has 28 heavy (non-hydrogen) atoms. The third-order valence-electron chi connectivity index (χ3n) is 4.76. The van der Waals surface area contributed by atoms with Crippen molar-refractivity contribution < 1.29 is 32.2 Å². The summed E-state index contributed by atoms with van der Waals surface area (Å²) in [6, 6.07) is 3.97. The average molecular weight is 402 g/mol. The van der Waals surface area contributed by atoms with Crippen molar-refractivity contribution in [2.24, 2.45) is 0 Å². The molecule has 2 saturated heterocycles. The van der Waals surface area contributed by atoms with Gasteiger partial charge in [0.1, 0.15) is 0 Å². The van der Waals surface area contributed by atoms with E-state index in [0.717, 1.165) is 25.5 Å². The van der Waals surface area contributed by atoms with Crippen LogP contribution in [0, 0.1) is 0 Å². The lowest BCUT2D eigenvalue weighted by Gasteiger charge is -2.29. The molecule has 1 N–H and O–H groups in total. The van der Waals surface area contributed by atoms with Crippen LogP contribution in [0.4, 0.5) is 24.5 Å². The van der Waals surface area contributed by atoms with Crippen LogP contribution >= 0.6 is 0 Å². The molecule has 0 aromatic heterocycles. The van der Waals surface area contributed by atoms with Crippen LogP contribution in [-0.2, 0) is 25.2 Å². The van der Waals surface area contributed by atoms with Gasteiger partial charge in [-0.3, -0.25) is 4.79 Å². The number of anilines is 2. The largest absolute Gasteiger partial charge is 0.418 e. The van der Waals surface area contributed by atoms with E-state index < -0.39 is 17.6 Å². The second-order valence-corrected chi connectivity index (χ2v) is 6.84. The molecule has 2 aliphatic heterocycles. The van der Waals surface area contributed by atoms with Gasteiger partial charge in [0.2, 0.25) is 5.91 Å². The molecule has 2 fully saturated rings. The average Bonchev–Trinajstić information content (AvgIpc) is 3.19. The highest BCUT2D eigenvalue weighted by molar-refractivity contribution is 5.92. The predicted molar refractivity (Wildman–Crippen MR) is 97.5 cm³/mol.